The molecule has 152 valence electrons. The highest BCUT2D eigenvalue weighted by molar-refractivity contribution is 5.87. The number of piperidine rings is 1. The Morgan fingerprint density at radius 1 is 1.30 bits per heavy atom. The van der Waals surface area contributed by atoms with Crippen molar-refractivity contribution in [3.05, 3.63) is 23.9 Å². The molecule has 1 fully saturated rings. The quantitative estimate of drug-likeness (QED) is 0.676. The first-order chi connectivity index (χ1) is 12.6. The van der Waals surface area contributed by atoms with Crippen LogP contribution in [0.2, 0.25) is 0 Å². The molecule has 1 aromatic rings. The summed E-state index contributed by atoms with van der Waals surface area (Å²) < 4.78 is 5.61. The third-order valence-corrected chi connectivity index (χ3v) is 5.23. The molecule has 0 N–H and O–H groups in total. The number of amides is 1. The van der Waals surface area contributed by atoms with Gasteiger partial charge in [-0.15, -0.1) is 0 Å². The minimum Gasteiger partial charge on any atom is -0.443 e. The summed E-state index contributed by atoms with van der Waals surface area (Å²) in [6.45, 7) is 15.4. The SMILES string of the molecule is CC[C@@H](C)N(C(=O)OC(C)(C)C)c1ccc([C@@H]2CCCCN2C(C)C)cn1. The minimum absolute atomic E-state index is 0.0278. The Kier molecular flexibility index (Phi) is 7.26. The zero-order chi connectivity index (χ0) is 20.2. The third-order valence-electron chi connectivity index (χ3n) is 5.23. The molecule has 27 heavy (non-hydrogen) atoms. The molecular formula is C22H37N3O2. The van der Waals surface area contributed by atoms with Crippen LogP contribution in [0, 0.1) is 0 Å². The Hall–Kier alpha value is -1.62. The topological polar surface area (TPSA) is 45.7 Å². The number of hydrogen-bond acceptors (Lipinski definition) is 4. The summed E-state index contributed by atoms with van der Waals surface area (Å²) >= 11 is 0. The minimum atomic E-state index is -0.525. The molecule has 0 bridgehead atoms. The van der Waals surface area contributed by atoms with Gasteiger partial charge in [0.1, 0.15) is 11.4 Å². The number of ether oxygens (including phenoxy) is 1. The maximum atomic E-state index is 12.7. The van der Waals surface area contributed by atoms with Gasteiger partial charge in [0.2, 0.25) is 0 Å². The van der Waals surface area contributed by atoms with Crippen molar-refractivity contribution in [2.75, 3.05) is 11.4 Å². The second kappa shape index (κ2) is 9.05. The highest BCUT2D eigenvalue weighted by Gasteiger charge is 2.29. The normalized spacial score (nSPS) is 19.8. The van der Waals surface area contributed by atoms with Gasteiger partial charge < -0.3 is 4.74 Å². The molecule has 0 saturated carbocycles. The number of carbonyl (C=O) groups excluding carboxylic acids is 1. The van der Waals surface area contributed by atoms with Gasteiger partial charge in [0.15, 0.2) is 0 Å². The van der Waals surface area contributed by atoms with E-state index in [1.54, 1.807) is 4.90 Å². The lowest BCUT2D eigenvalue weighted by atomic mass is 9.95. The highest BCUT2D eigenvalue weighted by Crippen LogP contribution is 2.33. The van der Waals surface area contributed by atoms with E-state index in [0.29, 0.717) is 17.9 Å². The van der Waals surface area contributed by atoms with Gasteiger partial charge in [-0.1, -0.05) is 19.4 Å². The summed E-state index contributed by atoms with van der Waals surface area (Å²) in [5.74, 6) is 0.661. The van der Waals surface area contributed by atoms with Crippen molar-refractivity contribution in [2.24, 2.45) is 0 Å². The van der Waals surface area contributed by atoms with Crippen LogP contribution in [-0.4, -0.2) is 40.2 Å². The molecule has 5 nitrogen and oxygen atoms in total. The van der Waals surface area contributed by atoms with Gasteiger partial charge in [-0.2, -0.15) is 0 Å². The lowest BCUT2D eigenvalue weighted by Crippen LogP contribution is -2.42. The van der Waals surface area contributed by atoms with Crippen molar-refractivity contribution in [3.63, 3.8) is 0 Å². The van der Waals surface area contributed by atoms with Gasteiger partial charge in [0.25, 0.3) is 0 Å². The summed E-state index contributed by atoms with van der Waals surface area (Å²) in [6.07, 6.45) is 6.14. The molecule has 1 amide bonds. The van der Waals surface area contributed by atoms with E-state index in [1.807, 2.05) is 40.0 Å². The molecule has 2 rings (SSSR count). The van der Waals surface area contributed by atoms with E-state index in [1.165, 1.54) is 24.8 Å². The van der Waals surface area contributed by atoms with E-state index < -0.39 is 5.60 Å². The molecule has 2 atom stereocenters. The highest BCUT2D eigenvalue weighted by atomic mass is 16.6. The largest absolute Gasteiger partial charge is 0.443 e. The molecule has 5 heteroatoms. The second-order valence-corrected chi connectivity index (χ2v) is 8.90. The smallest absolute Gasteiger partial charge is 0.416 e. The van der Waals surface area contributed by atoms with Crippen molar-refractivity contribution in [1.82, 2.24) is 9.88 Å². The van der Waals surface area contributed by atoms with Gasteiger partial charge in [-0.05, 0) is 79.0 Å². The van der Waals surface area contributed by atoms with E-state index >= 15 is 0 Å². The lowest BCUT2D eigenvalue weighted by molar-refractivity contribution is 0.0566. The first-order valence-corrected chi connectivity index (χ1v) is 10.4. The zero-order valence-electron chi connectivity index (χ0n) is 18.2. The van der Waals surface area contributed by atoms with Crippen molar-refractivity contribution in [3.8, 4) is 0 Å². The fraction of sp³-hybridized carbons (Fsp3) is 0.727. The number of rotatable bonds is 5. The molecule has 0 spiro atoms. The number of aromatic nitrogens is 1. The van der Waals surface area contributed by atoms with E-state index in [9.17, 15) is 4.79 Å². The second-order valence-electron chi connectivity index (χ2n) is 8.90. The van der Waals surface area contributed by atoms with Gasteiger partial charge in [0.05, 0.1) is 0 Å². The van der Waals surface area contributed by atoms with Gasteiger partial charge in [-0.25, -0.2) is 9.78 Å². The summed E-state index contributed by atoms with van der Waals surface area (Å²) in [7, 11) is 0. The summed E-state index contributed by atoms with van der Waals surface area (Å²) in [5, 5.41) is 0. The zero-order valence-corrected chi connectivity index (χ0v) is 18.2. The van der Waals surface area contributed by atoms with Crippen LogP contribution >= 0.6 is 0 Å². The van der Waals surface area contributed by atoms with Crippen LogP contribution in [0.1, 0.15) is 85.8 Å². The monoisotopic (exact) mass is 375 g/mol. The number of hydrogen-bond donors (Lipinski definition) is 0. The summed E-state index contributed by atoms with van der Waals surface area (Å²) in [4.78, 5) is 21.6. The molecule has 1 saturated heterocycles. The molecule has 0 unspecified atom stereocenters. The average molecular weight is 376 g/mol. The summed E-state index contributed by atoms with van der Waals surface area (Å²) in [6, 6.07) is 5.07. The first-order valence-electron chi connectivity index (χ1n) is 10.4. The Bertz CT molecular complexity index is 607. The van der Waals surface area contributed by atoms with Gasteiger partial charge in [-0.3, -0.25) is 9.80 Å². The number of likely N-dealkylation sites (tertiary alicyclic amines) is 1. The van der Waals surface area contributed by atoms with E-state index in [-0.39, 0.29) is 12.1 Å². The maximum Gasteiger partial charge on any atom is 0.416 e. The predicted molar refractivity (Wildman–Crippen MR) is 111 cm³/mol. The predicted octanol–water partition coefficient (Wildman–Crippen LogP) is 5.56. The van der Waals surface area contributed by atoms with Crippen molar-refractivity contribution in [1.29, 1.82) is 0 Å². The molecule has 0 aromatic carbocycles. The van der Waals surface area contributed by atoms with Crippen LogP contribution in [0.4, 0.5) is 10.6 Å². The fourth-order valence-corrected chi connectivity index (χ4v) is 3.66. The first kappa shape index (κ1) is 21.7. The van der Waals surface area contributed by atoms with E-state index in [0.717, 1.165) is 13.0 Å². The molecular weight excluding hydrogens is 338 g/mol. The standard InChI is InChI=1S/C22H37N3O2/c1-8-17(4)25(21(26)27-22(5,6)7)20-13-12-18(15-23-20)19-11-9-10-14-24(19)16(2)3/h12-13,15-17,19H,8-11,14H2,1-7H3/t17-,19+/m1/s1. The van der Waals surface area contributed by atoms with E-state index in [4.69, 9.17) is 4.74 Å². The van der Waals surface area contributed by atoms with Crippen LogP contribution in [-0.2, 0) is 4.74 Å². The van der Waals surface area contributed by atoms with Crippen LogP contribution < -0.4 is 4.90 Å². The number of nitrogens with zero attached hydrogens (tertiary/aromatic N) is 3. The fourth-order valence-electron chi connectivity index (χ4n) is 3.66. The Balaban J connectivity index is 2.25. The number of pyridine rings is 1. The third kappa shape index (κ3) is 5.68. The average Bonchev–Trinajstić information content (AvgIpc) is 2.60. The molecule has 1 aliphatic heterocycles. The number of carbonyl (C=O) groups is 1. The Morgan fingerprint density at radius 3 is 2.52 bits per heavy atom. The summed E-state index contributed by atoms with van der Waals surface area (Å²) in [5.41, 5.74) is 0.711. The van der Waals surface area contributed by atoms with Gasteiger partial charge in [0, 0.05) is 24.3 Å². The van der Waals surface area contributed by atoms with Crippen molar-refractivity contribution < 1.29 is 9.53 Å². The molecule has 1 aromatic heterocycles. The number of anilines is 1. The maximum absolute atomic E-state index is 12.7. The molecule has 1 aliphatic rings. The molecule has 0 aliphatic carbocycles. The van der Waals surface area contributed by atoms with Crippen LogP contribution in [0.5, 0.6) is 0 Å². The Morgan fingerprint density at radius 2 is 2.00 bits per heavy atom. The Labute approximate surface area is 165 Å². The van der Waals surface area contributed by atoms with Crippen LogP contribution in [0.25, 0.3) is 0 Å². The van der Waals surface area contributed by atoms with Crippen LogP contribution in [0.15, 0.2) is 18.3 Å². The molecule has 0 radical (unpaired) electrons. The lowest BCUT2D eigenvalue weighted by Gasteiger charge is -2.39. The van der Waals surface area contributed by atoms with Crippen LogP contribution in [0.3, 0.4) is 0 Å². The molecule has 2 heterocycles. The van der Waals surface area contributed by atoms with Crippen molar-refractivity contribution >= 4 is 11.9 Å². The van der Waals surface area contributed by atoms with E-state index in [2.05, 4.69) is 36.7 Å². The van der Waals surface area contributed by atoms with Gasteiger partial charge >= 0.3 is 6.09 Å². The van der Waals surface area contributed by atoms with Crippen molar-refractivity contribution in [2.45, 2.75) is 97.9 Å².